The van der Waals surface area contributed by atoms with Crippen molar-refractivity contribution in [1.82, 2.24) is 9.97 Å². The van der Waals surface area contributed by atoms with E-state index < -0.39 is 0 Å². The fourth-order valence-corrected chi connectivity index (χ4v) is 1.91. The van der Waals surface area contributed by atoms with Crippen molar-refractivity contribution < 1.29 is 4.74 Å². The van der Waals surface area contributed by atoms with Crippen molar-refractivity contribution in [3.05, 3.63) is 36.2 Å². The molecular weight excluding hydrogens is 264 g/mol. The lowest BCUT2D eigenvalue weighted by Crippen LogP contribution is -2.04. The normalized spacial score (nSPS) is 10.2. The van der Waals surface area contributed by atoms with Crippen LogP contribution in [0.2, 0.25) is 0 Å². The summed E-state index contributed by atoms with van der Waals surface area (Å²) in [5.41, 5.74) is 0.972. The number of hydrogen-bond donors (Lipinski definition) is 2. The molecule has 0 fully saturated rings. The van der Waals surface area contributed by atoms with Crippen LogP contribution in [-0.2, 0) is 0 Å². The average Bonchev–Trinajstić information content (AvgIpc) is 2.46. The highest BCUT2D eigenvalue weighted by molar-refractivity contribution is 5.59. The van der Waals surface area contributed by atoms with Crippen molar-refractivity contribution in [1.29, 1.82) is 0 Å². The summed E-state index contributed by atoms with van der Waals surface area (Å²) >= 11 is 0. The van der Waals surface area contributed by atoms with Crippen molar-refractivity contribution in [2.75, 3.05) is 23.8 Å². The summed E-state index contributed by atoms with van der Waals surface area (Å²) in [6, 6.07) is 9.77. The van der Waals surface area contributed by atoms with Gasteiger partial charge >= 0.3 is 0 Å². The van der Waals surface area contributed by atoms with Gasteiger partial charge in [-0.3, -0.25) is 0 Å². The Morgan fingerprint density at radius 3 is 2.43 bits per heavy atom. The van der Waals surface area contributed by atoms with Gasteiger partial charge in [-0.15, -0.1) is 0 Å². The van der Waals surface area contributed by atoms with Gasteiger partial charge in [-0.05, 0) is 44.5 Å². The zero-order valence-corrected chi connectivity index (χ0v) is 12.8. The van der Waals surface area contributed by atoms with Crippen molar-refractivity contribution >= 4 is 17.3 Å². The minimum atomic E-state index is 0.735. The number of ether oxygens (including phenoxy) is 1. The van der Waals surface area contributed by atoms with Gasteiger partial charge in [-0.25, -0.2) is 9.97 Å². The Morgan fingerprint density at radius 1 is 1.05 bits per heavy atom. The van der Waals surface area contributed by atoms with E-state index in [1.807, 2.05) is 44.2 Å². The van der Waals surface area contributed by atoms with Crippen LogP contribution in [0.15, 0.2) is 30.3 Å². The lowest BCUT2D eigenvalue weighted by molar-refractivity contribution is 0.317. The molecule has 2 aromatic rings. The fraction of sp³-hybridized carbons (Fsp3) is 0.375. The molecule has 2 N–H and O–H groups in total. The Labute approximate surface area is 125 Å². The Balaban J connectivity index is 2.07. The number of nitrogens with zero attached hydrogens (tertiary/aromatic N) is 2. The molecule has 0 bridgehead atoms. The highest BCUT2D eigenvalue weighted by atomic mass is 16.5. The van der Waals surface area contributed by atoms with Crippen LogP contribution in [0, 0.1) is 6.92 Å². The molecule has 1 heterocycles. The molecule has 0 unspecified atom stereocenters. The molecule has 0 atom stereocenters. The van der Waals surface area contributed by atoms with Crippen molar-refractivity contribution in [2.45, 2.75) is 27.2 Å². The van der Waals surface area contributed by atoms with E-state index in [0.29, 0.717) is 0 Å². The topological polar surface area (TPSA) is 59.1 Å². The van der Waals surface area contributed by atoms with Gasteiger partial charge in [0.1, 0.15) is 23.2 Å². The van der Waals surface area contributed by atoms with E-state index in [2.05, 4.69) is 27.5 Å². The Kier molecular flexibility index (Phi) is 5.37. The second kappa shape index (κ2) is 7.47. The molecule has 1 aromatic heterocycles. The molecule has 0 saturated heterocycles. The predicted molar refractivity (Wildman–Crippen MR) is 86.4 cm³/mol. The minimum Gasteiger partial charge on any atom is -0.494 e. The zero-order valence-electron chi connectivity index (χ0n) is 12.8. The van der Waals surface area contributed by atoms with Gasteiger partial charge < -0.3 is 15.4 Å². The van der Waals surface area contributed by atoms with Crippen LogP contribution < -0.4 is 15.4 Å². The van der Waals surface area contributed by atoms with E-state index in [4.69, 9.17) is 4.74 Å². The molecule has 0 aliphatic carbocycles. The number of aryl methyl sites for hydroxylation is 1. The molecule has 112 valence electrons. The van der Waals surface area contributed by atoms with E-state index in [1.54, 1.807) is 0 Å². The van der Waals surface area contributed by atoms with Crippen LogP contribution in [-0.4, -0.2) is 23.1 Å². The smallest absolute Gasteiger partial charge is 0.136 e. The second-order valence-corrected chi connectivity index (χ2v) is 4.71. The van der Waals surface area contributed by atoms with E-state index >= 15 is 0 Å². The molecule has 0 aliphatic rings. The number of aromatic nitrogens is 2. The van der Waals surface area contributed by atoms with Gasteiger partial charge in [0.25, 0.3) is 0 Å². The molecule has 5 heteroatoms. The van der Waals surface area contributed by atoms with Crippen LogP contribution in [0.4, 0.5) is 17.3 Å². The van der Waals surface area contributed by atoms with Gasteiger partial charge in [-0.1, -0.05) is 6.92 Å². The van der Waals surface area contributed by atoms with Crippen molar-refractivity contribution in [2.24, 2.45) is 0 Å². The highest BCUT2D eigenvalue weighted by Crippen LogP contribution is 2.20. The van der Waals surface area contributed by atoms with Gasteiger partial charge in [0, 0.05) is 18.3 Å². The number of anilines is 3. The van der Waals surface area contributed by atoms with Crippen LogP contribution in [0.1, 0.15) is 26.1 Å². The number of rotatable bonds is 7. The molecule has 0 amide bonds. The largest absolute Gasteiger partial charge is 0.494 e. The van der Waals surface area contributed by atoms with Gasteiger partial charge in [0.2, 0.25) is 0 Å². The maximum absolute atomic E-state index is 5.57. The van der Waals surface area contributed by atoms with Crippen LogP contribution in [0.25, 0.3) is 0 Å². The molecule has 0 aliphatic heterocycles. The summed E-state index contributed by atoms with van der Waals surface area (Å²) in [5, 5.41) is 6.48. The van der Waals surface area contributed by atoms with Gasteiger partial charge in [0.15, 0.2) is 0 Å². The molecule has 0 spiro atoms. The Morgan fingerprint density at radius 2 is 1.76 bits per heavy atom. The van der Waals surface area contributed by atoms with E-state index in [0.717, 1.165) is 48.5 Å². The first-order valence-electron chi connectivity index (χ1n) is 7.30. The minimum absolute atomic E-state index is 0.735. The predicted octanol–water partition coefficient (Wildman–Crippen LogP) is 3.75. The summed E-state index contributed by atoms with van der Waals surface area (Å²) in [7, 11) is 0. The standard InChI is InChI=1S/C16H22N4O/c1-4-10-21-14-8-6-13(7-9-14)20-16-11-15(17-5-2)18-12(3)19-16/h6-9,11H,4-5,10H2,1-3H3,(H2,17,18,19,20). The number of nitrogens with one attached hydrogen (secondary N) is 2. The zero-order chi connectivity index (χ0) is 15.1. The lowest BCUT2D eigenvalue weighted by Gasteiger charge is -2.10. The van der Waals surface area contributed by atoms with Crippen molar-refractivity contribution in [3.8, 4) is 5.75 Å². The monoisotopic (exact) mass is 286 g/mol. The third-order valence-electron chi connectivity index (χ3n) is 2.80. The summed E-state index contributed by atoms with van der Waals surface area (Å²) in [6.07, 6.45) is 1.01. The summed E-state index contributed by atoms with van der Waals surface area (Å²) in [6.45, 7) is 7.59. The first kappa shape index (κ1) is 15.1. The van der Waals surface area contributed by atoms with Crippen LogP contribution >= 0.6 is 0 Å². The first-order valence-corrected chi connectivity index (χ1v) is 7.30. The number of benzene rings is 1. The Bertz CT molecular complexity index is 569. The van der Waals surface area contributed by atoms with Gasteiger partial charge in [-0.2, -0.15) is 0 Å². The third-order valence-corrected chi connectivity index (χ3v) is 2.80. The van der Waals surface area contributed by atoms with E-state index in [-0.39, 0.29) is 0 Å². The van der Waals surface area contributed by atoms with E-state index in [1.165, 1.54) is 0 Å². The lowest BCUT2D eigenvalue weighted by atomic mass is 10.3. The maximum Gasteiger partial charge on any atom is 0.136 e. The molecule has 0 radical (unpaired) electrons. The highest BCUT2D eigenvalue weighted by Gasteiger charge is 2.02. The summed E-state index contributed by atoms with van der Waals surface area (Å²) in [4.78, 5) is 8.72. The second-order valence-electron chi connectivity index (χ2n) is 4.71. The third kappa shape index (κ3) is 4.63. The molecular formula is C16H22N4O. The number of hydrogen-bond acceptors (Lipinski definition) is 5. The molecule has 1 aromatic carbocycles. The molecule has 5 nitrogen and oxygen atoms in total. The first-order chi connectivity index (χ1) is 10.2. The SMILES string of the molecule is CCCOc1ccc(Nc2cc(NCC)nc(C)n2)cc1. The molecule has 2 rings (SSSR count). The Hall–Kier alpha value is -2.30. The fourth-order valence-electron chi connectivity index (χ4n) is 1.91. The van der Waals surface area contributed by atoms with Gasteiger partial charge in [0.05, 0.1) is 6.61 Å². The average molecular weight is 286 g/mol. The summed E-state index contributed by atoms with van der Waals surface area (Å²) in [5.74, 6) is 3.23. The quantitative estimate of drug-likeness (QED) is 0.811. The molecule has 21 heavy (non-hydrogen) atoms. The van der Waals surface area contributed by atoms with Crippen molar-refractivity contribution in [3.63, 3.8) is 0 Å². The van der Waals surface area contributed by atoms with Crippen LogP contribution in [0.5, 0.6) is 5.75 Å². The molecule has 0 saturated carbocycles. The van der Waals surface area contributed by atoms with Crippen LogP contribution in [0.3, 0.4) is 0 Å². The van der Waals surface area contributed by atoms with E-state index in [9.17, 15) is 0 Å². The maximum atomic E-state index is 5.57. The summed E-state index contributed by atoms with van der Waals surface area (Å²) < 4.78 is 5.57.